The molecule has 0 N–H and O–H groups in total. The minimum absolute atomic E-state index is 0.623. The summed E-state index contributed by atoms with van der Waals surface area (Å²) in [7, 11) is 0. The summed E-state index contributed by atoms with van der Waals surface area (Å²) in [5.41, 5.74) is 2.41. The number of aryl methyl sites for hydroxylation is 1. The molecule has 1 aromatic carbocycles. The van der Waals surface area contributed by atoms with Crippen LogP contribution in [0.1, 0.15) is 11.3 Å². The summed E-state index contributed by atoms with van der Waals surface area (Å²) < 4.78 is 0. The molecule has 3 nitrogen and oxygen atoms in total. The molecule has 0 aliphatic rings. The maximum atomic E-state index is 8.77. The Kier molecular flexibility index (Phi) is 2.42. The molecule has 0 atom stereocenters. The Morgan fingerprint density at radius 2 is 2.13 bits per heavy atom. The smallest absolute Gasteiger partial charge is 0.159 e. The van der Waals surface area contributed by atoms with Gasteiger partial charge in [-0.25, -0.2) is 9.97 Å². The highest BCUT2D eigenvalue weighted by Gasteiger charge is 2.01. The van der Waals surface area contributed by atoms with Crippen LogP contribution in [0, 0.1) is 18.3 Å². The van der Waals surface area contributed by atoms with Crippen molar-refractivity contribution in [2.24, 2.45) is 0 Å². The van der Waals surface area contributed by atoms with E-state index in [1.165, 1.54) is 0 Å². The molecular weight excluding hydrogens is 186 g/mol. The lowest BCUT2D eigenvalue weighted by atomic mass is 10.1. The Labute approximate surface area is 88.1 Å². The number of nitriles is 1. The Bertz CT molecular complexity index is 526. The van der Waals surface area contributed by atoms with Gasteiger partial charge in [0.25, 0.3) is 0 Å². The van der Waals surface area contributed by atoms with E-state index >= 15 is 0 Å². The van der Waals surface area contributed by atoms with Gasteiger partial charge in [-0.1, -0.05) is 12.1 Å². The van der Waals surface area contributed by atoms with Crippen molar-refractivity contribution in [3.05, 3.63) is 47.8 Å². The first-order chi connectivity index (χ1) is 7.29. The zero-order valence-electron chi connectivity index (χ0n) is 8.31. The maximum Gasteiger partial charge on any atom is 0.159 e. The molecule has 0 saturated carbocycles. The van der Waals surface area contributed by atoms with Gasteiger partial charge in [-0.15, -0.1) is 0 Å². The van der Waals surface area contributed by atoms with Gasteiger partial charge < -0.3 is 0 Å². The number of rotatable bonds is 1. The van der Waals surface area contributed by atoms with Crippen LogP contribution in [0.3, 0.4) is 0 Å². The fourth-order valence-corrected chi connectivity index (χ4v) is 1.32. The van der Waals surface area contributed by atoms with Gasteiger partial charge in [-0.05, 0) is 25.1 Å². The Morgan fingerprint density at radius 3 is 2.87 bits per heavy atom. The molecule has 2 aromatic rings. The monoisotopic (exact) mass is 195 g/mol. The van der Waals surface area contributed by atoms with Gasteiger partial charge in [-0.3, -0.25) is 0 Å². The van der Waals surface area contributed by atoms with E-state index in [1.807, 2.05) is 25.1 Å². The van der Waals surface area contributed by atoms with Gasteiger partial charge in [0.2, 0.25) is 0 Å². The first-order valence-corrected chi connectivity index (χ1v) is 4.60. The highest BCUT2D eigenvalue weighted by Crippen LogP contribution is 2.15. The third kappa shape index (κ3) is 2.00. The van der Waals surface area contributed by atoms with E-state index in [0.29, 0.717) is 11.4 Å². The van der Waals surface area contributed by atoms with E-state index in [1.54, 1.807) is 18.3 Å². The van der Waals surface area contributed by atoms with Gasteiger partial charge in [0, 0.05) is 17.5 Å². The summed E-state index contributed by atoms with van der Waals surface area (Å²) >= 11 is 0. The number of benzene rings is 1. The fourth-order valence-electron chi connectivity index (χ4n) is 1.32. The van der Waals surface area contributed by atoms with Gasteiger partial charge >= 0.3 is 0 Å². The Hall–Kier alpha value is -2.21. The predicted octanol–water partition coefficient (Wildman–Crippen LogP) is 2.32. The first kappa shape index (κ1) is 9.35. The van der Waals surface area contributed by atoms with Crippen molar-refractivity contribution >= 4 is 0 Å². The van der Waals surface area contributed by atoms with E-state index in [-0.39, 0.29) is 0 Å². The van der Waals surface area contributed by atoms with Crippen molar-refractivity contribution in [1.82, 2.24) is 9.97 Å². The lowest BCUT2D eigenvalue weighted by Gasteiger charge is -2.00. The molecule has 2 rings (SSSR count). The van der Waals surface area contributed by atoms with Gasteiger partial charge in [-0.2, -0.15) is 5.26 Å². The zero-order valence-corrected chi connectivity index (χ0v) is 8.31. The molecule has 0 radical (unpaired) electrons. The minimum Gasteiger partial charge on any atom is -0.237 e. The largest absolute Gasteiger partial charge is 0.237 e. The molecule has 0 saturated heterocycles. The SMILES string of the molecule is Cc1ccnc(-c2cccc(C#N)c2)n1. The molecule has 0 aliphatic heterocycles. The van der Waals surface area contributed by atoms with Crippen LogP contribution >= 0.6 is 0 Å². The second-order valence-corrected chi connectivity index (χ2v) is 3.21. The summed E-state index contributed by atoms with van der Waals surface area (Å²) in [5.74, 6) is 0.659. The molecular formula is C12H9N3. The molecule has 72 valence electrons. The van der Waals surface area contributed by atoms with E-state index < -0.39 is 0 Å². The number of hydrogen-bond acceptors (Lipinski definition) is 3. The quantitative estimate of drug-likeness (QED) is 0.701. The van der Waals surface area contributed by atoms with E-state index in [9.17, 15) is 0 Å². The van der Waals surface area contributed by atoms with Crippen molar-refractivity contribution in [1.29, 1.82) is 5.26 Å². The van der Waals surface area contributed by atoms with Gasteiger partial charge in [0.1, 0.15) is 0 Å². The molecule has 3 heteroatoms. The average molecular weight is 195 g/mol. The number of nitrogens with zero attached hydrogens (tertiary/aromatic N) is 3. The standard InChI is InChI=1S/C12H9N3/c1-9-5-6-14-12(15-9)11-4-2-3-10(7-11)8-13/h2-7H,1H3. The molecule has 0 amide bonds. The second-order valence-electron chi connectivity index (χ2n) is 3.21. The lowest BCUT2D eigenvalue weighted by molar-refractivity contribution is 1.11. The molecule has 15 heavy (non-hydrogen) atoms. The molecule has 0 spiro atoms. The zero-order chi connectivity index (χ0) is 10.7. The van der Waals surface area contributed by atoms with Crippen LogP contribution in [0.4, 0.5) is 0 Å². The lowest BCUT2D eigenvalue weighted by Crippen LogP contribution is -1.90. The van der Waals surface area contributed by atoms with Gasteiger partial charge in [0.15, 0.2) is 5.82 Å². The van der Waals surface area contributed by atoms with E-state index in [0.717, 1.165) is 11.3 Å². The Morgan fingerprint density at radius 1 is 1.27 bits per heavy atom. The highest BCUT2D eigenvalue weighted by molar-refractivity contribution is 5.57. The highest BCUT2D eigenvalue weighted by atomic mass is 14.9. The minimum atomic E-state index is 0.623. The summed E-state index contributed by atoms with van der Waals surface area (Å²) in [4.78, 5) is 8.46. The van der Waals surface area contributed by atoms with Crippen molar-refractivity contribution in [3.63, 3.8) is 0 Å². The second kappa shape index (κ2) is 3.89. The van der Waals surface area contributed by atoms with Crippen LogP contribution in [0.25, 0.3) is 11.4 Å². The molecule has 1 aromatic heterocycles. The van der Waals surface area contributed by atoms with Crippen LogP contribution in [-0.4, -0.2) is 9.97 Å². The average Bonchev–Trinajstić information content (AvgIpc) is 2.29. The number of hydrogen-bond donors (Lipinski definition) is 0. The first-order valence-electron chi connectivity index (χ1n) is 4.60. The fraction of sp³-hybridized carbons (Fsp3) is 0.0833. The third-order valence-electron chi connectivity index (χ3n) is 2.04. The third-order valence-corrected chi connectivity index (χ3v) is 2.04. The normalized spacial score (nSPS) is 9.60. The van der Waals surface area contributed by atoms with Crippen molar-refractivity contribution in [3.8, 4) is 17.5 Å². The van der Waals surface area contributed by atoms with Crippen molar-refractivity contribution < 1.29 is 0 Å². The topological polar surface area (TPSA) is 49.6 Å². The van der Waals surface area contributed by atoms with Crippen LogP contribution in [0.2, 0.25) is 0 Å². The van der Waals surface area contributed by atoms with Crippen LogP contribution in [0.15, 0.2) is 36.5 Å². The van der Waals surface area contributed by atoms with Crippen LogP contribution < -0.4 is 0 Å². The molecule has 1 heterocycles. The molecule has 0 fully saturated rings. The van der Waals surface area contributed by atoms with Gasteiger partial charge in [0.05, 0.1) is 11.6 Å². The predicted molar refractivity (Wildman–Crippen MR) is 56.9 cm³/mol. The van der Waals surface area contributed by atoms with Crippen LogP contribution in [-0.2, 0) is 0 Å². The Balaban J connectivity index is 2.50. The summed E-state index contributed by atoms with van der Waals surface area (Å²) in [6.45, 7) is 1.92. The summed E-state index contributed by atoms with van der Waals surface area (Å²) in [5, 5.41) is 8.77. The summed E-state index contributed by atoms with van der Waals surface area (Å²) in [6.07, 6.45) is 1.72. The maximum absolute atomic E-state index is 8.77. The van der Waals surface area contributed by atoms with E-state index in [4.69, 9.17) is 5.26 Å². The molecule has 0 bridgehead atoms. The van der Waals surface area contributed by atoms with Crippen molar-refractivity contribution in [2.75, 3.05) is 0 Å². The molecule has 0 unspecified atom stereocenters. The number of aromatic nitrogens is 2. The van der Waals surface area contributed by atoms with E-state index in [2.05, 4.69) is 16.0 Å². The van der Waals surface area contributed by atoms with Crippen LogP contribution in [0.5, 0.6) is 0 Å². The molecule has 0 aliphatic carbocycles. The van der Waals surface area contributed by atoms with Crippen molar-refractivity contribution in [2.45, 2.75) is 6.92 Å². The summed E-state index contributed by atoms with van der Waals surface area (Å²) in [6, 6.07) is 11.2.